The number of nitrogens with zero attached hydrogens (tertiary/aromatic N) is 1. The van der Waals surface area contributed by atoms with Gasteiger partial charge in [0.1, 0.15) is 0 Å². The molecule has 100 valence electrons. The van der Waals surface area contributed by atoms with Gasteiger partial charge in [-0.1, -0.05) is 27.8 Å². The molecule has 2 fully saturated rings. The van der Waals surface area contributed by atoms with Gasteiger partial charge in [0, 0.05) is 19.0 Å². The number of piperidine rings is 1. The van der Waals surface area contributed by atoms with Gasteiger partial charge in [0.15, 0.2) is 0 Å². The summed E-state index contributed by atoms with van der Waals surface area (Å²) in [6, 6.07) is 0. The molecular formula is C13H18BrNO3. The van der Waals surface area contributed by atoms with E-state index in [1.807, 2.05) is 0 Å². The van der Waals surface area contributed by atoms with E-state index in [-0.39, 0.29) is 6.10 Å². The quantitative estimate of drug-likeness (QED) is 0.628. The fourth-order valence-electron chi connectivity index (χ4n) is 2.43. The van der Waals surface area contributed by atoms with Gasteiger partial charge in [-0.25, -0.2) is 4.79 Å². The van der Waals surface area contributed by atoms with Crippen molar-refractivity contribution >= 4 is 22.0 Å². The average molecular weight is 316 g/mol. The molecule has 0 unspecified atom stereocenters. The van der Waals surface area contributed by atoms with Crippen molar-refractivity contribution in [2.24, 2.45) is 5.92 Å². The van der Waals surface area contributed by atoms with Crippen LogP contribution in [-0.2, 0) is 4.74 Å². The maximum atomic E-state index is 10.8. The van der Waals surface area contributed by atoms with Crippen molar-refractivity contribution in [2.75, 3.05) is 18.4 Å². The van der Waals surface area contributed by atoms with Crippen LogP contribution in [0.15, 0.2) is 0 Å². The molecule has 1 heterocycles. The Bertz CT molecular complexity index is 349. The van der Waals surface area contributed by atoms with E-state index < -0.39 is 6.09 Å². The molecule has 2 rings (SSSR count). The topological polar surface area (TPSA) is 49.8 Å². The molecule has 0 aromatic heterocycles. The third-order valence-electron chi connectivity index (χ3n) is 3.57. The Morgan fingerprint density at radius 2 is 2.00 bits per heavy atom. The van der Waals surface area contributed by atoms with Gasteiger partial charge in [-0.3, -0.25) is 0 Å². The Labute approximate surface area is 116 Å². The summed E-state index contributed by atoms with van der Waals surface area (Å²) in [5.74, 6) is 6.72. The zero-order chi connectivity index (χ0) is 13.0. The molecule has 1 saturated carbocycles. The van der Waals surface area contributed by atoms with E-state index >= 15 is 0 Å². The van der Waals surface area contributed by atoms with Gasteiger partial charge in [-0.05, 0) is 25.7 Å². The van der Waals surface area contributed by atoms with Crippen molar-refractivity contribution in [1.29, 1.82) is 0 Å². The zero-order valence-corrected chi connectivity index (χ0v) is 11.9. The maximum absolute atomic E-state index is 10.8. The summed E-state index contributed by atoms with van der Waals surface area (Å²) in [5.41, 5.74) is 0. The minimum absolute atomic E-state index is 0.232. The van der Waals surface area contributed by atoms with E-state index in [1.165, 1.54) is 4.90 Å². The normalized spacial score (nSPS) is 28.2. The van der Waals surface area contributed by atoms with Gasteiger partial charge in [0.25, 0.3) is 0 Å². The Balaban J connectivity index is 1.63. The molecule has 0 aromatic rings. The highest BCUT2D eigenvalue weighted by Gasteiger charge is 2.32. The van der Waals surface area contributed by atoms with Crippen molar-refractivity contribution in [3.63, 3.8) is 0 Å². The van der Waals surface area contributed by atoms with Gasteiger partial charge in [0.05, 0.1) is 17.5 Å². The first-order valence-electron chi connectivity index (χ1n) is 6.36. The molecule has 0 aromatic carbocycles. The second-order valence-corrected chi connectivity index (χ2v) is 5.41. The van der Waals surface area contributed by atoms with Crippen molar-refractivity contribution in [2.45, 2.75) is 37.9 Å². The SMILES string of the molecule is O=C(O)N1CCC(OC2CC(C#CCBr)C2)CC1. The molecule has 0 spiro atoms. The van der Waals surface area contributed by atoms with Crippen molar-refractivity contribution in [3.8, 4) is 11.8 Å². The highest BCUT2D eigenvalue weighted by molar-refractivity contribution is 9.09. The molecule has 0 atom stereocenters. The number of amides is 1. The summed E-state index contributed by atoms with van der Waals surface area (Å²) in [6.45, 7) is 1.19. The van der Waals surface area contributed by atoms with Crippen LogP contribution in [0.2, 0.25) is 0 Å². The van der Waals surface area contributed by atoms with Crippen LogP contribution in [0.5, 0.6) is 0 Å². The van der Waals surface area contributed by atoms with Crippen molar-refractivity contribution < 1.29 is 14.6 Å². The number of carboxylic acid groups (broad SMARTS) is 1. The number of alkyl halides is 1. The van der Waals surface area contributed by atoms with Crippen LogP contribution < -0.4 is 0 Å². The molecule has 4 nitrogen and oxygen atoms in total. The fraction of sp³-hybridized carbons (Fsp3) is 0.769. The van der Waals surface area contributed by atoms with Crippen LogP contribution in [0, 0.1) is 17.8 Å². The largest absolute Gasteiger partial charge is 0.465 e. The zero-order valence-electron chi connectivity index (χ0n) is 10.3. The molecule has 1 amide bonds. The van der Waals surface area contributed by atoms with Gasteiger partial charge >= 0.3 is 6.09 Å². The lowest BCUT2D eigenvalue weighted by atomic mass is 9.82. The van der Waals surface area contributed by atoms with Crippen LogP contribution >= 0.6 is 15.9 Å². The first-order valence-corrected chi connectivity index (χ1v) is 7.49. The lowest BCUT2D eigenvalue weighted by Crippen LogP contribution is -2.43. The van der Waals surface area contributed by atoms with Crippen LogP contribution in [0.25, 0.3) is 0 Å². The highest BCUT2D eigenvalue weighted by Crippen LogP contribution is 2.31. The highest BCUT2D eigenvalue weighted by atomic mass is 79.9. The Hall–Kier alpha value is -0.730. The fourth-order valence-corrected chi connectivity index (χ4v) is 2.59. The summed E-state index contributed by atoms with van der Waals surface area (Å²) >= 11 is 3.29. The van der Waals surface area contributed by atoms with E-state index in [0.29, 0.717) is 25.1 Å². The molecule has 2 aliphatic rings. The molecule has 18 heavy (non-hydrogen) atoms. The number of hydrogen-bond acceptors (Lipinski definition) is 2. The van der Waals surface area contributed by atoms with E-state index in [9.17, 15) is 4.79 Å². The Morgan fingerprint density at radius 1 is 1.33 bits per heavy atom. The number of hydrogen-bond donors (Lipinski definition) is 1. The summed E-state index contributed by atoms with van der Waals surface area (Å²) < 4.78 is 5.97. The van der Waals surface area contributed by atoms with Crippen molar-refractivity contribution in [1.82, 2.24) is 4.90 Å². The summed E-state index contributed by atoms with van der Waals surface area (Å²) in [5, 5.41) is 9.59. The van der Waals surface area contributed by atoms with E-state index in [1.54, 1.807) is 0 Å². The third-order valence-corrected chi connectivity index (χ3v) is 3.85. The minimum Gasteiger partial charge on any atom is -0.465 e. The predicted molar refractivity (Wildman–Crippen MR) is 71.8 cm³/mol. The monoisotopic (exact) mass is 315 g/mol. The van der Waals surface area contributed by atoms with E-state index in [2.05, 4.69) is 27.8 Å². The smallest absolute Gasteiger partial charge is 0.407 e. The first-order chi connectivity index (χ1) is 8.69. The van der Waals surface area contributed by atoms with Gasteiger partial charge in [-0.15, -0.1) is 0 Å². The Morgan fingerprint density at radius 3 is 2.56 bits per heavy atom. The Kier molecular flexibility index (Phi) is 4.90. The van der Waals surface area contributed by atoms with Crippen LogP contribution in [-0.4, -0.2) is 46.7 Å². The lowest BCUT2D eigenvalue weighted by molar-refractivity contribution is -0.0824. The van der Waals surface area contributed by atoms with Crippen molar-refractivity contribution in [3.05, 3.63) is 0 Å². The third kappa shape index (κ3) is 3.63. The molecule has 1 aliphatic carbocycles. The molecular weight excluding hydrogens is 298 g/mol. The molecule has 1 N–H and O–H groups in total. The molecule has 5 heteroatoms. The van der Waals surface area contributed by atoms with Crippen LogP contribution in [0.1, 0.15) is 25.7 Å². The number of ether oxygens (including phenoxy) is 1. The molecule has 1 saturated heterocycles. The van der Waals surface area contributed by atoms with E-state index in [0.717, 1.165) is 31.0 Å². The number of rotatable bonds is 2. The summed E-state index contributed by atoms with van der Waals surface area (Å²) in [6.07, 6.45) is 3.44. The number of likely N-dealkylation sites (tertiary alicyclic amines) is 1. The van der Waals surface area contributed by atoms with Gasteiger partial charge in [-0.2, -0.15) is 0 Å². The molecule has 1 aliphatic heterocycles. The van der Waals surface area contributed by atoms with Crippen LogP contribution in [0.4, 0.5) is 4.79 Å². The molecule has 0 bridgehead atoms. The van der Waals surface area contributed by atoms with E-state index in [4.69, 9.17) is 9.84 Å². The van der Waals surface area contributed by atoms with Gasteiger partial charge in [0.2, 0.25) is 0 Å². The van der Waals surface area contributed by atoms with Crippen LogP contribution in [0.3, 0.4) is 0 Å². The predicted octanol–water partition coefficient (Wildman–Crippen LogP) is 2.32. The second kappa shape index (κ2) is 6.44. The standard InChI is InChI=1S/C13H18BrNO3/c14-5-1-2-10-8-12(9-10)18-11-3-6-15(7-4-11)13(16)17/h10-12H,3-9H2,(H,16,17). The number of halogens is 1. The minimum atomic E-state index is -0.817. The average Bonchev–Trinajstić information content (AvgIpc) is 2.32. The maximum Gasteiger partial charge on any atom is 0.407 e. The number of carbonyl (C=O) groups is 1. The van der Waals surface area contributed by atoms with Gasteiger partial charge < -0.3 is 14.7 Å². The summed E-state index contributed by atoms with van der Waals surface area (Å²) in [4.78, 5) is 12.2. The first kappa shape index (κ1) is 13.7. The molecule has 0 radical (unpaired) electrons. The second-order valence-electron chi connectivity index (χ2n) is 4.85. The lowest BCUT2D eigenvalue weighted by Gasteiger charge is -2.37. The summed E-state index contributed by atoms with van der Waals surface area (Å²) in [7, 11) is 0.